The first kappa shape index (κ1) is 22.3. The van der Waals surface area contributed by atoms with Crippen LogP contribution in [0.3, 0.4) is 0 Å². The third kappa shape index (κ3) is 9.06. The molecular weight excluding hydrogens is 336 g/mol. The number of carboxylic acids is 1. The second kappa shape index (κ2) is 11.0. The minimum atomic E-state index is -0.859. The van der Waals surface area contributed by atoms with Crippen molar-refractivity contribution in [3.63, 3.8) is 0 Å². The summed E-state index contributed by atoms with van der Waals surface area (Å²) in [6.07, 6.45) is 6.28. The van der Waals surface area contributed by atoms with E-state index in [1.54, 1.807) is 0 Å². The van der Waals surface area contributed by atoms with Gasteiger partial charge in [0, 0.05) is 13.1 Å². The number of hydrogen-bond acceptors (Lipinski definition) is 4. The molecule has 0 saturated heterocycles. The van der Waals surface area contributed by atoms with Crippen LogP contribution in [-0.4, -0.2) is 41.8 Å². The van der Waals surface area contributed by atoms with Crippen molar-refractivity contribution in [2.45, 2.75) is 77.7 Å². The van der Waals surface area contributed by atoms with Gasteiger partial charge in [-0.1, -0.05) is 25.7 Å². The second-order valence-electron chi connectivity index (χ2n) is 7.97. The zero-order valence-corrected chi connectivity index (χ0v) is 16.3. The fourth-order valence-corrected chi connectivity index (χ4v) is 3.19. The molecule has 0 aromatic carbocycles. The maximum absolute atomic E-state index is 12.2. The van der Waals surface area contributed by atoms with Gasteiger partial charge in [0.25, 0.3) is 0 Å². The molecule has 1 aliphatic rings. The first-order valence-electron chi connectivity index (χ1n) is 9.68. The average Bonchev–Trinajstić information content (AvgIpc) is 2.55. The SMILES string of the molecule is CC(C)(C)OC(=O)NCCCCCCNC(=O)C1CCCCC1C(=O)O. The van der Waals surface area contributed by atoms with Gasteiger partial charge in [-0.05, 0) is 46.5 Å². The monoisotopic (exact) mass is 370 g/mol. The van der Waals surface area contributed by atoms with E-state index in [9.17, 15) is 19.5 Å². The molecule has 0 spiro atoms. The molecule has 26 heavy (non-hydrogen) atoms. The van der Waals surface area contributed by atoms with Crippen LogP contribution < -0.4 is 10.6 Å². The van der Waals surface area contributed by atoms with Gasteiger partial charge in [0.05, 0.1) is 11.8 Å². The van der Waals surface area contributed by atoms with Crippen LogP contribution >= 0.6 is 0 Å². The van der Waals surface area contributed by atoms with Crippen LogP contribution in [-0.2, 0) is 14.3 Å². The van der Waals surface area contributed by atoms with Gasteiger partial charge in [0.15, 0.2) is 0 Å². The van der Waals surface area contributed by atoms with Crippen molar-refractivity contribution in [2.75, 3.05) is 13.1 Å². The highest BCUT2D eigenvalue weighted by Crippen LogP contribution is 2.30. The summed E-state index contributed by atoms with van der Waals surface area (Å²) in [5.74, 6) is -1.91. The molecule has 2 unspecified atom stereocenters. The van der Waals surface area contributed by atoms with E-state index < -0.39 is 23.6 Å². The van der Waals surface area contributed by atoms with Gasteiger partial charge < -0.3 is 20.5 Å². The predicted octanol–water partition coefficient (Wildman–Crippen LogP) is 3.08. The van der Waals surface area contributed by atoms with Crippen molar-refractivity contribution in [1.29, 1.82) is 0 Å². The first-order chi connectivity index (χ1) is 12.2. The Labute approximate surface area is 156 Å². The Kier molecular flexibility index (Phi) is 9.44. The van der Waals surface area contributed by atoms with Crippen molar-refractivity contribution < 1.29 is 24.2 Å². The molecule has 2 amide bonds. The zero-order chi connectivity index (χ0) is 19.6. The van der Waals surface area contributed by atoms with Crippen molar-refractivity contribution in [3.8, 4) is 0 Å². The Bertz CT molecular complexity index is 473. The number of aliphatic carboxylic acids is 1. The van der Waals surface area contributed by atoms with Crippen LogP contribution in [0.15, 0.2) is 0 Å². The number of carboxylic acid groups (broad SMARTS) is 1. The largest absolute Gasteiger partial charge is 0.481 e. The lowest BCUT2D eigenvalue weighted by molar-refractivity contribution is -0.148. The van der Waals surface area contributed by atoms with E-state index in [2.05, 4.69) is 10.6 Å². The van der Waals surface area contributed by atoms with Crippen molar-refractivity contribution in [2.24, 2.45) is 11.8 Å². The van der Waals surface area contributed by atoms with E-state index in [1.165, 1.54) is 0 Å². The fraction of sp³-hybridized carbons (Fsp3) is 0.842. The molecule has 0 radical (unpaired) electrons. The highest BCUT2D eigenvalue weighted by Gasteiger charge is 2.35. The highest BCUT2D eigenvalue weighted by molar-refractivity contribution is 5.84. The summed E-state index contributed by atoms with van der Waals surface area (Å²) in [5.41, 5.74) is -0.486. The molecule has 2 atom stereocenters. The lowest BCUT2D eigenvalue weighted by Gasteiger charge is -2.27. The molecule has 150 valence electrons. The molecule has 3 N–H and O–H groups in total. The van der Waals surface area contributed by atoms with Crippen LogP contribution in [0.25, 0.3) is 0 Å². The van der Waals surface area contributed by atoms with Gasteiger partial charge in [-0.3, -0.25) is 9.59 Å². The molecule has 7 nitrogen and oxygen atoms in total. The van der Waals surface area contributed by atoms with Crippen LogP contribution in [0.4, 0.5) is 4.79 Å². The van der Waals surface area contributed by atoms with Gasteiger partial charge in [-0.25, -0.2) is 4.79 Å². The molecular formula is C19H34N2O5. The fourth-order valence-electron chi connectivity index (χ4n) is 3.19. The quantitative estimate of drug-likeness (QED) is 0.541. The number of ether oxygens (including phenoxy) is 1. The molecule has 0 heterocycles. The minimum absolute atomic E-state index is 0.122. The summed E-state index contributed by atoms with van der Waals surface area (Å²) in [7, 11) is 0. The maximum Gasteiger partial charge on any atom is 0.407 e. The van der Waals surface area contributed by atoms with Crippen molar-refractivity contribution in [1.82, 2.24) is 10.6 Å². The molecule has 0 aromatic rings. The molecule has 0 bridgehead atoms. The van der Waals surface area contributed by atoms with E-state index >= 15 is 0 Å². The Balaban J connectivity index is 2.07. The number of hydrogen-bond donors (Lipinski definition) is 3. The van der Waals surface area contributed by atoms with Gasteiger partial charge in [0.2, 0.25) is 5.91 Å². The Morgan fingerprint density at radius 2 is 1.46 bits per heavy atom. The molecule has 0 aromatic heterocycles. The number of carbonyl (C=O) groups excluding carboxylic acids is 2. The lowest BCUT2D eigenvalue weighted by atomic mass is 9.78. The number of amides is 2. The second-order valence-corrected chi connectivity index (χ2v) is 7.97. The Hall–Kier alpha value is -1.79. The third-order valence-corrected chi connectivity index (χ3v) is 4.49. The van der Waals surface area contributed by atoms with E-state index in [-0.39, 0.29) is 11.8 Å². The van der Waals surface area contributed by atoms with Crippen LogP contribution in [0.2, 0.25) is 0 Å². The summed E-state index contributed by atoms with van der Waals surface area (Å²) >= 11 is 0. The van der Waals surface area contributed by atoms with Crippen molar-refractivity contribution >= 4 is 18.0 Å². The van der Waals surface area contributed by atoms with E-state index in [0.29, 0.717) is 25.9 Å². The molecule has 1 aliphatic carbocycles. The smallest absolute Gasteiger partial charge is 0.407 e. The van der Waals surface area contributed by atoms with Crippen LogP contribution in [0.1, 0.15) is 72.1 Å². The minimum Gasteiger partial charge on any atom is -0.481 e. The summed E-state index contributed by atoms with van der Waals surface area (Å²) in [6, 6.07) is 0. The molecule has 1 rings (SSSR count). The van der Waals surface area contributed by atoms with Crippen LogP contribution in [0, 0.1) is 11.8 Å². The lowest BCUT2D eigenvalue weighted by Crippen LogP contribution is -2.40. The molecule has 1 saturated carbocycles. The van der Waals surface area contributed by atoms with E-state index in [4.69, 9.17) is 4.74 Å². The predicted molar refractivity (Wildman–Crippen MR) is 98.8 cm³/mol. The van der Waals surface area contributed by atoms with Gasteiger partial charge >= 0.3 is 12.1 Å². The highest BCUT2D eigenvalue weighted by atomic mass is 16.6. The molecule has 0 aliphatic heterocycles. The number of carbonyl (C=O) groups is 3. The number of rotatable bonds is 9. The molecule has 1 fully saturated rings. The Morgan fingerprint density at radius 3 is 2.00 bits per heavy atom. The maximum atomic E-state index is 12.2. The summed E-state index contributed by atoms with van der Waals surface area (Å²) in [4.78, 5) is 34.9. The topological polar surface area (TPSA) is 105 Å². The normalized spacial score (nSPS) is 20.3. The zero-order valence-electron chi connectivity index (χ0n) is 16.3. The average molecular weight is 370 g/mol. The molecule has 7 heteroatoms. The first-order valence-corrected chi connectivity index (χ1v) is 9.68. The standard InChI is InChI=1S/C19H34N2O5/c1-19(2,3)26-18(25)21-13-9-5-4-8-12-20-16(22)14-10-6-7-11-15(14)17(23)24/h14-15H,4-13H2,1-3H3,(H,20,22)(H,21,25)(H,23,24). The summed E-state index contributed by atoms with van der Waals surface area (Å²) in [6.45, 7) is 6.62. The van der Waals surface area contributed by atoms with Crippen LogP contribution in [0.5, 0.6) is 0 Å². The third-order valence-electron chi connectivity index (χ3n) is 4.49. The number of unbranched alkanes of at least 4 members (excludes halogenated alkanes) is 3. The van der Waals surface area contributed by atoms with E-state index in [0.717, 1.165) is 38.5 Å². The number of alkyl carbamates (subject to hydrolysis) is 1. The van der Waals surface area contributed by atoms with Gasteiger partial charge in [0.1, 0.15) is 5.60 Å². The summed E-state index contributed by atoms with van der Waals surface area (Å²) < 4.78 is 5.15. The van der Waals surface area contributed by atoms with E-state index in [1.807, 2.05) is 20.8 Å². The Morgan fingerprint density at radius 1 is 0.923 bits per heavy atom. The summed E-state index contributed by atoms with van der Waals surface area (Å²) in [5, 5.41) is 14.8. The number of nitrogens with one attached hydrogen (secondary N) is 2. The van der Waals surface area contributed by atoms with Gasteiger partial charge in [-0.15, -0.1) is 0 Å². The van der Waals surface area contributed by atoms with Crippen molar-refractivity contribution in [3.05, 3.63) is 0 Å². The van der Waals surface area contributed by atoms with Gasteiger partial charge in [-0.2, -0.15) is 0 Å².